The van der Waals surface area contributed by atoms with Crippen molar-refractivity contribution < 1.29 is 0 Å². The molecule has 1 fully saturated rings. The number of hydrogen-bond donors (Lipinski definition) is 1. The van der Waals surface area contributed by atoms with Gasteiger partial charge in [-0.1, -0.05) is 92.8 Å². The largest absolute Gasteiger partial charge is 0.310 e. The normalized spacial score (nSPS) is 18.0. The Morgan fingerprint density at radius 1 is 0.880 bits per heavy atom. The zero-order valence-electron chi connectivity index (χ0n) is 15.7. The lowest BCUT2D eigenvalue weighted by Crippen LogP contribution is -2.27. The molecule has 1 N–H and O–H groups in total. The van der Waals surface area contributed by atoms with Crippen LogP contribution in [0.25, 0.3) is 0 Å². The van der Waals surface area contributed by atoms with E-state index in [4.69, 9.17) is 0 Å². The highest BCUT2D eigenvalue weighted by Crippen LogP contribution is 2.33. The van der Waals surface area contributed by atoms with Crippen LogP contribution in [0.4, 0.5) is 0 Å². The third-order valence-electron chi connectivity index (χ3n) is 5.92. The number of nitrogens with one attached hydrogen (secondary N) is 1. The molecule has 1 heteroatoms. The van der Waals surface area contributed by atoms with Crippen LogP contribution < -0.4 is 5.32 Å². The maximum absolute atomic E-state index is 3.75. The Kier molecular flexibility index (Phi) is 7.11. The first-order valence-corrected chi connectivity index (χ1v) is 10.1. The van der Waals surface area contributed by atoms with Gasteiger partial charge in [-0.2, -0.15) is 0 Å². The average Bonchev–Trinajstić information content (AvgIpc) is 2.69. The minimum atomic E-state index is 0.435. The Hall–Kier alpha value is -1.60. The summed E-state index contributed by atoms with van der Waals surface area (Å²) in [6.45, 7) is 3.40. The molecule has 2 unspecified atom stereocenters. The summed E-state index contributed by atoms with van der Waals surface area (Å²) in [5.41, 5.74) is 2.90. The number of hydrogen-bond acceptors (Lipinski definition) is 1. The molecule has 0 radical (unpaired) electrons. The molecule has 0 aliphatic heterocycles. The van der Waals surface area contributed by atoms with E-state index in [2.05, 4.69) is 72.9 Å². The molecule has 0 saturated heterocycles. The van der Waals surface area contributed by atoms with Gasteiger partial charge in [0.1, 0.15) is 0 Å². The molecule has 0 bridgehead atoms. The van der Waals surface area contributed by atoms with Crippen molar-refractivity contribution in [3.05, 3.63) is 71.8 Å². The standard InChI is InChI=1S/C24H33N/c1-20(22-13-7-3-8-14-22)25-18-17-24(23-15-9-4-10-16-23)19-21-11-5-2-6-12-21/h2-3,5-8,11-14,20,23-25H,4,9-10,15-19H2,1H3. The quantitative estimate of drug-likeness (QED) is 0.608. The van der Waals surface area contributed by atoms with E-state index in [9.17, 15) is 0 Å². The Labute approximate surface area is 153 Å². The number of rotatable bonds is 8. The lowest BCUT2D eigenvalue weighted by atomic mass is 9.76. The van der Waals surface area contributed by atoms with Gasteiger partial charge in [-0.05, 0) is 49.3 Å². The molecule has 0 aromatic heterocycles. The Morgan fingerprint density at radius 3 is 2.20 bits per heavy atom. The smallest absolute Gasteiger partial charge is 0.0291 e. The van der Waals surface area contributed by atoms with Crippen LogP contribution in [0, 0.1) is 11.8 Å². The van der Waals surface area contributed by atoms with E-state index in [0.29, 0.717) is 6.04 Å². The van der Waals surface area contributed by atoms with Crippen LogP contribution >= 0.6 is 0 Å². The third kappa shape index (κ3) is 5.71. The first-order valence-electron chi connectivity index (χ1n) is 10.1. The Bertz CT molecular complexity index is 586. The van der Waals surface area contributed by atoms with Crippen LogP contribution in [0.5, 0.6) is 0 Å². The van der Waals surface area contributed by atoms with Gasteiger partial charge in [-0.15, -0.1) is 0 Å². The highest BCUT2D eigenvalue weighted by Gasteiger charge is 2.23. The predicted octanol–water partition coefficient (Wildman–Crippen LogP) is 6.17. The Balaban J connectivity index is 1.55. The topological polar surface area (TPSA) is 12.0 Å². The van der Waals surface area contributed by atoms with Gasteiger partial charge < -0.3 is 5.32 Å². The van der Waals surface area contributed by atoms with Gasteiger partial charge in [0.15, 0.2) is 0 Å². The van der Waals surface area contributed by atoms with E-state index < -0.39 is 0 Å². The van der Waals surface area contributed by atoms with Gasteiger partial charge in [0.2, 0.25) is 0 Å². The zero-order chi connectivity index (χ0) is 17.3. The maximum atomic E-state index is 3.75. The number of benzene rings is 2. The summed E-state index contributed by atoms with van der Waals surface area (Å²) in [7, 11) is 0. The summed E-state index contributed by atoms with van der Waals surface area (Å²) in [5, 5.41) is 3.75. The van der Waals surface area contributed by atoms with Crippen molar-refractivity contribution in [3.8, 4) is 0 Å². The molecule has 2 aromatic rings. The first-order chi connectivity index (χ1) is 12.3. The van der Waals surface area contributed by atoms with Crippen molar-refractivity contribution in [1.82, 2.24) is 5.32 Å². The second-order valence-electron chi connectivity index (χ2n) is 7.72. The summed E-state index contributed by atoms with van der Waals surface area (Å²) in [4.78, 5) is 0. The molecule has 1 saturated carbocycles. The van der Waals surface area contributed by atoms with Gasteiger partial charge in [0, 0.05) is 6.04 Å². The molecule has 0 spiro atoms. The third-order valence-corrected chi connectivity index (χ3v) is 5.92. The molecule has 2 aromatic carbocycles. The SMILES string of the molecule is CC(NCCC(Cc1ccccc1)C1CCCCC1)c1ccccc1. The van der Waals surface area contributed by atoms with Crippen LogP contribution in [-0.2, 0) is 6.42 Å². The van der Waals surface area contributed by atoms with E-state index in [-0.39, 0.29) is 0 Å². The molecule has 2 atom stereocenters. The molecule has 3 rings (SSSR count). The van der Waals surface area contributed by atoms with Crippen LogP contribution in [-0.4, -0.2) is 6.54 Å². The fraction of sp³-hybridized carbons (Fsp3) is 0.500. The Morgan fingerprint density at radius 2 is 1.52 bits per heavy atom. The second-order valence-corrected chi connectivity index (χ2v) is 7.72. The maximum Gasteiger partial charge on any atom is 0.0291 e. The van der Waals surface area contributed by atoms with Crippen molar-refractivity contribution in [2.45, 2.75) is 57.9 Å². The molecule has 0 heterocycles. The van der Waals surface area contributed by atoms with E-state index in [1.54, 1.807) is 0 Å². The van der Waals surface area contributed by atoms with Crippen LogP contribution in [0.1, 0.15) is 62.6 Å². The molecule has 1 aliphatic carbocycles. The van der Waals surface area contributed by atoms with Gasteiger partial charge >= 0.3 is 0 Å². The van der Waals surface area contributed by atoms with E-state index in [1.807, 2.05) is 0 Å². The van der Waals surface area contributed by atoms with Gasteiger partial charge in [0.05, 0.1) is 0 Å². The molecule has 0 amide bonds. The predicted molar refractivity (Wildman–Crippen MR) is 108 cm³/mol. The molecule has 1 nitrogen and oxygen atoms in total. The van der Waals surface area contributed by atoms with Gasteiger partial charge in [-0.25, -0.2) is 0 Å². The summed E-state index contributed by atoms with van der Waals surface area (Å²) in [6.07, 6.45) is 9.71. The fourth-order valence-electron chi connectivity index (χ4n) is 4.37. The van der Waals surface area contributed by atoms with Crippen molar-refractivity contribution >= 4 is 0 Å². The van der Waals surface area contributed by atoms with Crippen LogP contribution in [0.2, 0.25) is 0 Å². The van der Waals surface area contributed by atoms with Gasteiger partial charge in [-0.3, -0.25) is 0 Å². The molecular formula is C24H33N. The van der Waals surface area contributed by atoms with Gasteiger partial charge in [0.25, 0.3) is 0 Å². The van der Waals surface area contributed by atoms with Crippen LogP contribution in [0.15, 0.2) is 60.7 Å². The zero-order valence-corrected chi connectivity index (χ0v) is 15.7. The van der Waals surface area contributed by atoms with E-state index >= 15 is 0 Å². The fourth-order valence-corrected chi connectivity index (χ4v) is 4.37. The van der Waals surface area contributed by atoms with Crippen molar-refractivity contribution in [2.75, 3.05) is 6.54 Å². The highest BCUT2D eigenvalue weighted by molar-refractivity contribution is 5.18. The van der Waals surface area contributed by atoms with Crippen LogP contribution in [0.3, 0.4) is 0 Å². The monoisotopic (exact) mass is 335 g/mol. The molecular weight excluding hydrogens is 302 g/mol. The second kappa shape index (κ2) is 9.77. The molecule has 134 valence electrons. The minimum Gasteiger partial charge on any atom is -0.310 e. The summed E-state index contributed by atoms with van der Waals surface area (Å²) in [5.74, 6) is 1.74. The van der Waals surface area contributed by atoms with E-state index in [1.165, 1.54) is 56.1 Å². The average molecular weight is 336 g/mol. The summed E-state index contributed by atoms with van der Waals surface area (Å²) < 4.78 is 0. The lowest BCUT2D eigenvalue weighted by Gasteiger charge is -2.31. The van der Waals surface area contributed by atoms with Crippen molar-refractivity contribution in [3.63, 3.8) is 0 Å². The summed E-state index contributed by atoms with van der Waals surface area (Å²) in [6, 6.07) is 22.3. The molecule has 25 heavy (non-hydrogen) atoms. The van der Waals surface area contributed by atoms with Crippen molar-refractivity contribution in [2.24, 2.45) is 11.8 Å². The van der Waals surface area contributed by atoms with Crippen molar-refractivity contribution in [1.29, 1.82) is 0 Å². The minimum absolute atomic E-state index is 0.435. The first kappa shape index (κ1) is 18.2. The summed E-state index contributed by atoms with van der Waals surface area (Å²) >= 11 is 0. The molecule has 1 aliphatic rings. The van der Waals surface area contributed by atoms with E-state index in [0.717, 1.165) is 18.4 Å². The lowest BCUT2D eigenvalue weighted by molar-refractivity contribution is 0.231. The highest BCUT2D eigenvalue weighted by atomic mass is 14.9.